The molecule has 0 aliphatic carbocycles. The van der Waals surface area contributed by atoms with Crippen LogP contribution in [0, 0.1) is 0 Å². The van der Waals surface area contributed by atoms with Gasteiger partial charge in [0.1, 0.15) is 90.3 Å². The van der Waals surface area contributed by atoms with Crippen molar-refractivity contribution >= 4 is 140 Å². The van der Waals surface area contributed by atoms with Crippen molar-refractivity contribution in [2.24, 2.45) is 22.9 Å². The van der Waals surface area contributed by atoms with E-state index >= 15 is 24.0 Å². The third-order valence-corrected chi connectivity index (χ3v) is 24.5. The average Bonchev–Trinajstić information content (AvgIpc) is 1.69. The summed E-state index contributed by atoms with van der Waals surface area (Å²) in [6.45, 7) is 1.23. The van der Waals surface area contributed by atoms with E-state index in [1.54, 1.807) is 60.9 Å². The average molecular weight is 1820 g/mol. The van der Waals surface area contributed by atoms with Crippen LogP contribution in [0.1, 0.15) is 133 Å². The fourth-order valence-electron chi connectivity index (χ4n) is 16.5. The number of primary amides is 1. The highest BCUT2D eigenvalue weighted by Gasteiger charge is 2.47. The van der Waals surface area contributed by atoms with Crippen molar-refractivity contribution in [3.63, 3.8) is 0 Å². The second-order valence-electron chi connectivity index (χ2n) is 32.7. The molecular formula is C86H119N21O21S. The van der Waals surface area contributed by atoms with E-state index in [1.807, 2.05) is 13.8 Å². The number of nitrogens with zero attached hydrogens (tertiary/aromatic N) is 5. The SMILES string of the molecule is CCCC[C@H]1C(=O)N(C)[C@@H](CCCC)C(=O)N[C@@H](CN)C(=O)N[C@H](C(=O)NCC(N)=O)CSCC(=O)N[C@@H](Cc2ccc(O)cc2)C(=O)N2CCC[C@H]2C(=O)NC(CC(=O)O)C(=O)N2CCC[C@H]2C(=O)N[C@@H](CN)C(=O)N[C@@H](CC(=O)O)C(=O)N2CCC[C@H]2C(=O)N[C@@H](Cc2c[nH]c3ccccc23)C(=O)N[C@@H](CCCN)C(=O)N[C@@H](Cc2c[nH]c3ccccc23)C(=O)N1C. The van der Waals surface area contributed by atoms with Gasteiger partial charge >= 0.3 is 11.9 Å². The van der Waals surface area contributed by atoms with Gasteiger partial charge in [0, 0.05) is 106 Å². The molecule has 4 aliphatic heterocycles. The molecule has 23 N–H and O–H groups in total. The van der Waals surface area contributed by atoms with Gasteiger partial charge in [0.15, 0.2) is 0 Å². The number of aromatic amines is 2. The number of rotatable bonds is 24. The standard InChI is InChI=1S/C86H119N21O21S/c1-5-7-22-64-78(120)100-62(41-89)77(119)102-63(73(115)93-44-69(90)109)45-129-46-70(110)94-57(35-47-27-29-50(108)30-28-47)83(125)105-32-15-25-66(105)80(122)99-60(39-72(113)114)85(127)107-34-16-26-67(107)81(123)101-61(40-88)76(118)98-59(38-71(111)112)84(126)106-33-14-24-65(106)79(121)96-56(36-48-42-91-53-19-11-9-17-51(48)53)75(117)95-55(21-13-31-87)74(116)97-58(37-49-43-92-54-20-12-10-18-52(49)54)82(124)104(4)68(23-8-6-2)86(128)103(64)3/h9-12,17-20,27-30,42-43,55-68,91-92,108H,5-8,13-16,21-26,31-41,44-46,87-89H2,1-4H3,(H2,90,109)(H,93,115)(H,94,110)(H,95,117)(H,96,121)(H,97,116)(H,98,118)(H,99,122)(H,100,120)(H,101,123)(H,102,119)(H,111,112)(H,113,114)/t55-,56-,57-,58-,59-,60?,61-,62-,63-,64-,65-,66-,67-,68-/m0/s1. The number of fused-ring (bicyclic) bond motifs is 5. The minimum absolute atomic E-state index is 0.000254. The Morgan fingerprint density at radius 3 is 1.37 bits per heavy atom. The number of H-pyrrole nitrogens is 2. The highest BCUT2D eigenvalue weighted by atomic mass is 32.2. The quantitative estimate of drug-likeness (QED) is 0.0288. The summed E-state index contributed by atoms with van der Waals surface area (Å²) in [7, 11) is 2.72. The molecular weight excluding hydrogens is 1700 g/mol. The number of carbonyl (C=O) groups excluding carboxylic acids is 16. The smallest absolute Gasteiger partial charge is 0.305 e. The van der Waals surface area contributed by atoms with Crippen LogP contribution >= 0.6 is 11.8 Å². The summed E-state index contributed by atoms with van der Waals surface area (Å²) in [5.41, 5.74) is 26.6. The van der Waals surface area contributed by atoms with Crippen LogP contribution in [0.5, 0.6) is 5.75 Å². The van der Waals surface area contributed by atoms with E-state index in [0.29, 0.717) is 64.2 Å². The Morgan fingerprint density at radius 2 is 0.876 bits per heavy atom. The molecule has 5 aromatic rings. The van der Waals surface area contributed by atoms with Crippen LogP contribution in [0.2, 0.25) is 0 Å². The van der Waals surface area contributed by atoms with Crippen molar-refractivity contribution in [2.45, 2.75) is 220 Å². The molecule has 9 rings (SSSR count). The normalized spacial score (nSPS) is 25.2. The van der Waals surface area contributed by atoms with Crippen LogP contribution in [0.15, 0.2) is 85.2 Å². The van der Waals surface area contributed by atoms with Crippen molar-refractivity contribution < 1.29 is 102 Å². The monoisotopic (exact) mass is 1810 g/mol. The topological polar surface area (TPSA) is 640 Å². The molecule has 4 saturated heterocycles. The van der Waals surface area contributed by atoms with Gasteiger partial charge < -0.3 is 126 Å². The fraction of sp³-hybridized carbons (Fsp3) is 0.535. The van der Waals surface area contributed by atoms with Gasteiger partial charge in [-0.15, -0.1) is 11.8 Å². The summed E-state index contributed by atoms with van der Waals surface area (Å²) in [5, 5.41) is 57.9. The number of para-hydroxylation sites is 2. The molecule has 2 aromatic heterocycles. The van der Waals surface area contributed by atoms with Crippen LogP contribution in [-0.4, -0.2) is 312 Å². The fourth-order valence-corrected chi connectivity index (χ4v) is 17.4. The van der Waals surface area contributed by atoms with E-state index < -0.39 is 235 Å². The minimum Gasteiger partial charge on any atom is -0.508 e. The molecule has 3 aromatic carbocycles. The molecule has 4 fully saturated rings. The zero-order chi connectivity index (χ0) is 93.9. The molecule has 14 atom stereocenters. The minimum atomic E-state index is -1.94. The summed E-state index contributed by atoms with van der Waals surface area (Å²) in [6, 6.07) is -2.11. The zero-order valence-electron chi connectivity index (χ0n) is 72.6. The zero-order valence-corrected chi connectivity index (χ0v) is 73.4. The van der Waals surface area contributed by atoms with Crippen molar-refractivity contribution in [1.29, 1.82) is 0 Å². The molecule has 1 unspecified atom stereocenters. The maximum absolute atomic E-state index is 15.7. The lowest BCUT2D eigenvalue weighted by Crippen LogP contribution is -2.62. The number of phenols is 1. The number of hydrogen-bond donors (Lipinski definition) is 19. The van der Waals surface area contributed by atoms with E-state index in [9.17, 15) is 77.6 Å². The van der Waals surface area contributed by atoms with Crippen LogP contribution in [0.4, 0.5) is 0 Å². The Hall–Kier alpha value is -12.8. The van der Waals surface area contributed by atoms with Gasteiger partial charge in [0.05, 0.1) is 25.1 Å². The molecule has 0 saturated carbocycles. The number of phenolic OH excluding ortho intramolecular Hbond substituents is 1. The number of carboxylic acids is 2. The van der Waals surface area contributed by atoms with Crippen LogP contribution in [0.3, 0.4) is 0 Å². The lowest BCUT2D eigenvalue weighted by molar-refractivity contribution is -0.149. The summed E-state index contributed by atoms with van der Waals surface area (Å²) < 4.78 is 0. The van der Waals surface area contributed by atoms with Crippen molar-refractivity contribution in [3.8, 4) is 5.75 Å². The molecule has 4 aliphatic rings. The summed E-state index contributed by atoms with van der Waals surface area (Å²) in [6.07, 6.45) is 2.43. The molecule has 700 valence electrons. The third-order valence-electron chi connectivity index (χ3n) is 23.5. The lowest BCUT2D eigenvalue weighted by Gasteiger charge is -2.36. The summed E-state index contributed by atoms with van der Waals surface area (Å²) in [5.74, 6) is -19.4. The third kappa shape index (κ3) is 26.9. The van der Waals surface area contributed by atoms with E-state index in [-0.39, 0.29) is 115 Å². The number of amides is 16. The predicted octanol–water partition coefficient (Wildman–Crippen LogP) is -3.29. The Labute approximate surface area is 748 Å². The number of thioether (sulfide) groups is 1. The van der Waals surface area contributed by atoms with Gasteiger partial charge in [0.2, 0.25) is 94.5 Å². The van der Waals surface area contributed by atoms with E-state index in [0.717, 1.165) is 31.4 Å². The van der Waals surface area contributed by atoms with Gasteiger partial charge in [-0.05, 0) is 112 Å². The van der Waals surface area contributed by atoms with Crippen molar-refractivity contribution in [1.82, 2.24) is 87.6 Å². The molecule has 43 heteroatoms. The first-order valence-electron chi connectivity index (χ1n) is 43.4. The number of aromatic nitrogens is 2. The maximum atomic E-state index is 15.7. The number of carboxylic acid groups (broad SMARTS) is 2. The number of nitrogens with two attached hydrogens (primary N) is 4. The molecule has 0 bridgehead atoms. The first-order chi connectivity index (χ1) is 61.7. The number of aliphatic carboxylic acids is 2. The summed E-state index contributed by atoms with van der Waals surface area (Å²) >= 11 is 0.762. The highest BCUT2D eigenvalue weighted by Crippen LogP contribution is 2.28. The summed E-state index contributed by atoms with van der Waals surface area (Å²) in [4.78, 5) is 272. The van der Waals surface area contributed by atoms with Gasteiger partial charge in [-0.2, -0.15) is 0 Å². The van der Waals surface area contributed by atoms with Gasteiger partial charge in [-0.3, -0.25) is 86.3 Å². The van der Waals surface area contributed by atoms with Gasteiger partial charge in [-0.1, -0.05) is 88.1 Å². The molecule has 129 heavy (non-hydrogen) atoms. The first kappa shape index (κ1) is 100.0. The van der Waals surface area contributed by atoms with E-state index in [4.69, 9.17) is 22.9 Å². The predicted molar refractivity (Wildman–Crippen MR) is 470 cm³/mol. The Bertz CT molecular complexity index is 4890. The Balaban J connectivity index is 1.07. The molecule has 6 heterocycles. The number of carbonyl (C=O) groups is 18. The Kier molecular flexibility index (Phi) is 37.1. The second kappa shape index (κ2) is 47.9. The molecule has 42 nitrogen and oxygen atoms in total. The van der Waals surface area contributed by atoms with Crippen LogP contribution < -0.4 is 76.1 Å². The van der Waals surface area contributed by atoms with Crippen LogP contribution in [0.25, 0.3) is 21.8 Å². The van der Waals surface area contributed by atoms with Crippen LogP contribution in [-0.2, 0) is 106 Å². The molecule has 0 spiro atoms. The van der Waals surface area contributed by atoms with E-state index in [1.165, 1.54) is 43.3 Å². The highest BCUT2D eigenvalue weighted by molar-refractivity contribution is 8.00. The second-order valence-corrected chi connectivity index (χ2v) is 33.7. The van der Waals surface area contributed by atoms with Crippen molar-refractivity contribution in [3.05, 3.63) is 102 Å². The van der Waals surface area contributed by atoms with Gasteiger partial charge in [0.25, 0.3) is 0 Å². The van der Waals surface area contributed by atoms with E-state index in [2.05, 4.69) is 63.1 Å². The number of unbranched alkanes of at least 4 members (excludes halogenated alkanes) is 2. The van der Waals surface area contributed by atoms with Crippen molar-refractivity contribution in [2.75, 3.05) is 71.4 Å². The number of nitrogens with one attached hydrogen (secondary N) is 12. The lowest BCUT2D eigenvalue weighted by atomic mass is 9.99. The Morgan fingerprint density at radius 1 is 0.457 bits per heavy atom. The number of benzene rings is 3. The maximum Gasteiger partial charge on any atom is 0.305 e. The number of hydrogen-bond acceptors (Lipinski definition) is 23. The first-order valence-corrected chi connectivity index (χ1v) is 44.6. The van der Waals surface area contributed by atoms with Gasteiger partial charge in [-0.25, -0.2) is 0 Å². The molecule has 16 amide bonds. The largest absolute Gasteiger partial charge is 0.508 e. The number of likely N-dealkylation sites (N-methyl/N-ethyl adjacent to an activating group) is 2. The number of aromatic hydroxyl groups is 1. The molecule has 0 radical (unpaired) electrons.